The van der Waals surface area contributed by atoms with Crippen molar-refractivity contribution in [2.24, 2.45) is 0 Å². The van der Waals surface area contributed by atoms with Gasteiger partial charge in [-0.1, -0.05) is 44.2 Å². The number of benzene rings is 1. The number of hydrogen-bond acceptors (Lipinski definition) is 3. The van der Waals surface area contributed by atoms with Crippen molar-refractivity contribution in [2.45, 2.75) is 45.1 Å². The first-order valence-electron chi connectivity index (χ1n) is 8.86. The van der Waals surface area contributed by atoms with Crippen LogP contribution in [0.15, 0.2) is 30.3 Å². The van der Waals surface area contributed by atoms with Crippen LogP contribution in [0.25, 0.3) is 0 Å². The van der Waals surface area contributed by atoms with Crippen LogP contribution in [0.5, 0.6) is 0 Å². The van der Waals surface area contributed by atoms with Gasteiger partial charge in [-0.15, -0.1) is 0 Å². The van der Waals surface area contributed by atoms with Gasteiger partial charge in [0.15, 0.2) is 0 Å². The number of rotatable bonds is 7. The molecule has 1 heterocycles. The van der Waals surface area contributed by atoms with Crippen molar-refractivity contribution in [1.29, 1.82) is 0 Å². The van der Waals surface area contributed by atoms with Gasteiger partial charge >= 0.3 is 5.97 Å². The summed E-state index contributed by atoms with van der Waals surface area (Å²) < 4.78 is 0. The molecule has 0 spiro atoms. The van der Waals surface area contributed by atoms with Crippen LogP contribution >= 0.6 is 0 Å². The molecule has 0 aromatic heterocycles. The molecule has 1 unspecified atom stereocenters. The summed E-state index contributed by atoms with van der Waals surface area (Å²) in [5.41, 5.74) is 1.08. The standard InChI is InChI=1S/C19H28N2O3/c1-3-17(15-8-6-5-7-9-15)19(24)21-12-10-16(11-13-21)20(4-2)14-18(22)23/h5-9,16-17H,3-4,10-14H2,1-2H3,(H,22,23). The molecule has 1 saturated heterocycles. The Balaban J connectivity index is 1.95. The van der Waals surface area contributed by atoms with Crippen molar-refractivity contribution >= 4 is 11.9 Å². The minimum absolute atomic E-state index is 0.0796. The lowest BCUT2D eigenvalue weighted by Gasteiger charge is -2.38. The number of likely N-dealkylation sites (N-methyl/N-ethyl adjacent to an activating group) is 1. The van der Waals surface area contributed by atoms with E-state index in [0.29, 0.717) is 13.1 Å². The molecule has 132 valence electrons. The molecule has 0 bridgehead atoms. The third-order valence-electron chi connectivity index (χ3n) is 4.95. The molecule has 1 N–H and O–H groups in total. The van der Waals surface area contributed by atoms with Gasteiger partial charge in [-0.05, 0) is 31.4 Å². The number of carboxylic acid groups (broad SMARTS) is 1. The highest BCUT2D eigenvalue weighted by Gasteiger charge is 2.30. The third-order valence-corrected chi connectivity index (χ3v) is 4.95. The van der Waals surface area contributed by atoms with Crippen molar-refractivity contribution in [3.63, 3.8) is 0 Å². The molecule has 1 aromatic carbocycles. The van der Waals surface area contributed by atoms with E-state index in [4.69, 9.17) is 5.11 Å². The summed E-state index contributed by atoms with van der Waals surface area (Å²) in [6, 6.07) is 10.2. The largest absolute Gasteiger partial charge is 0.480 e. The fraction of sp³-hybridized carbons (Fsp3) is 0.579. The Labute approximate surface area is 144 Å². The molecule has 5 nitrogen and oxygen atoms in total. The van der Waals surface area contributed by atoms with E-state index in [9.17, 15) is 9.59 Å². The smallest absolute Gasteiger partial charge is 0.317 e. The minimum atomic E-state index is -0.787. The van der Waals surface area contributed by atoms with E-state index in [1.165, 1.54) is 0 Å². The summed E-state index contributed by atoms with van der Waals surface area (Å²) in [4.78, 5) is 27.8. The number of nitrogens with zero attached hydrogens (tertiary/aromatic N) is 2. The maximum Gasteiger partial charge on any atom is 0.317 e. The van der Waals surface area contributed by atoms with Crippen LogP contribution in [0.1, 0.15) is 44.6 Å². The summed E-state index contributed by atoms with van der Waals surface area (Å²) in [6.45, 7) is 6.27. The second-order valence-corrected chi connectivity index (χ2v) is 6.38. The Morgan fingerprint density at radius 3 is 2.33 bits per heavy atom. The van der Waals surface area contributed by atoms with Crippen molar-refractivity contribution in [3.8, 4) is 0 Å². The Morgan fingerprint density at radius 1 is 1.21 bits per heavy atom. The van der Waals surface area contributed by atoms with Gasteiger partial charge in [-0.25, -0.2) is 0 Å². The summed E-state index contributed by atoms with van der Waals surface area (Å²) in [6.07, 6.45) is 2.49. The van der Waals surface area contributed by atoms with E-state index in [2.05, 4.69) is 0 Å². The zero-order valence-corrected chi connectivity index (χ0v) is 14.6. The lowest BCUT2D eigenvalue weighted by molar-refractivity contribution is -0.140. The van der Waals surface area contributed by atoms with E-state index in [-0.39, 0.29) is 24.4 Å². The summed E-state index contributed by atoms with van der Waals surface area (Å²) in [5, 5.41) is 9.01. The molecule has 0 radical (unpaired) electrons. The van der Waals surface area contributed by atoms with Gasteiger partial charge in [0.05, 0.1) is 12.5 Å². The Kier molecular flexibility index (Phi) is 6.79. The molecule has 1 aliphatic heterocycles. The Hall–Kier alpha value is -1.88. The van der Waals surface area contributed by atoms with Crippen LogP contribution in [-0.4, -0.2) is 59.0 Å². The van der Waals surface area contributed by atoms with E-state index in [1.54, 1.807) is 0 Å². The van der Waals surface area contributed by atoms with Crippen LogP contribution in [0.3, 0.4) is 0 Å². The number of amides is 1. The highest BCUT2D eigenvalue weighted by molar-refractivity contribution is 5.83. The van der Waals surface area contributed by atoms with Gasteiger partial charge in [0.1, 0.15) is 0 Å². The van der Waals surface area contributed by atoms with Crippen LogP contribution in [0, 0.1) is 0 Å². The van der Waals surface area contributed by atoms with Gasteiger partial charge in [-0.2, -0.15) is 0 Å². The van der Waals surface area contributed by atoms with Gasteiger partial charge in [0.25, 0.3) is 0 Å². The highest BCUT2D eigenvalue weighted by atomic mass is 16.4. The number of likely N-dealkylation sites (tertiary alicyclic amines) is 1. The lowest BCUT2D eigenvalue weighted by Crippen LogP contribution is -2.49. The van der Waals surface area contributed by atoms with Gasteiger partial charge in [0.2, 0.25) is 5.91 Å². The van der Waals surface area contributed by atoms with E-state index in [0.717, 1.165) is 31.4 Å². The molecule has 1 fully saturated rings. The normalized spacial score (nSPS) is 17.0. The first kappa shape index (κ1) is 18.5. The molecule has 1 atom stereocenters. The maximum absolute atomic E-state index is 12.9. The average molecular weight is 332 g/mol. The molecule has 5 heteroatoms. The zero-order valence-electron chi connectivity index (χ0n) is 14.6. The van der Waals surface area contributed by atoms with Crippen molar-refractivity contribution in [2.75, 3.05) is 26.2 Å². The minimum Gasteiger partial charge on any atom is -0.480 e. The lowest BCUT2D eigenvalue weighted by atomic mass is 9.93. The molecule has 1 aliphatic rings. The molecule has 1 amide bonds. The van der Waals surface area contributed by atoms with Gasteiger partial charge in [-0.3, -0.25) is 14.5 Å². The van der Waals surface area contributed by atoms with Crippen LogP contribution < -0.4 is 0 Å². The topological polar surface area (TPSA) is 60.9 Å². The molecule has 2 rings (SSSR count). The molecule has 24 heavy (non-hydrogen) atoms. The van der Waals surface area contributed by atoms with Crippen molar-refractivity contribution in [1.82, 2.24) is 9.80 Å². The average Bonchev–Trinajstić information content (AvgIpc) is 2.61. The summed E-state index contributed by atoms with van der Waals surface area (Å²) >= 11 is 0. The molecular formula is C19H28N2O3. The van der Waals surface area contributed by atoms with Crippen molar-refractivity contribution < 1.29 is 14.7 Å². The number of hydrogen-bond donors (Lipinski definition) is 1. The van der Waals surface area contributed by atoms with Gasteiger partial charge in [0, 0.05) is 19.1 Å². The van der Waals surface area contributed by atoms with Crippen LogP contribution in [0.2, 0.25) is 0 Å². The number of carbonyl (C=O) groups is 2. The summed E-state index contributed by atoms with van der Waals surface area (Å²) in [7, 11) is 0. The molecule has 1 aromatic rings. The number of aliphatic carboxylic acids is 1. The number of carboxylic acids is 1. The second kappa shape index (κ2) is 8.83. The fourth-order valence-corrected chi connectivity index (χ4v) is 3.58. The van der Waals surface area contributed by atoms with E-state index < -0.39 is 5.97 Å². The van der Waals surface area contributed by atoms with E-state index in [1.807, 2.05) is 54.0 Å². The van der Waals surface area contributed by atoms with Gasteiger partial charge < -0.3 is 10.0 Å². The van der Waals surface area contributed by atoms with E-state index >= 15 is 0 Å². The molecule has 0 saturated carbocycles. The summed E-state index contributed by atoms with van der Waals surface area (Å²) in [5.74, 6) is -0.669. The predicted molar refractivity (Wildman–Crippen MR) is 94.0 cm³/mol. The Morgan fingerprint density at radius 2 is 1.83 bits per heavy atom. The van der Waals surface area contributed by atoms with Crippen molar-refractivity contribution in [3.05, 3.63) is 35.9 Å². The number of piperidine rings is 1. The SMILES string of the molecule is CCC(C(=O)N1CCC(N(CC)CC(=O)O)CC1)c1ccccc1. The van der Waals surface area contributed by atoms with Crippen LogP contribution in [-0.2, 0) is 9.59 Å². The first-order chi connectivity index (χ1) is 11.6. The monoisotopic (exact) mass is 332 g/mol. The maximum atomic E-state index is 12.9. The zero-order chi connectivity index (χ0) is 17.5. The van der Waals surface area contributed by atoms with Crippen LogP contribution in [0.4, 0.5) is 0 Å². The highest BCUT2D eigenvalue weighted by Crippen LogP contribution is 2.25. The number of carbonyl (C=O) groups excluding carboxylic acids is 1. The quantitative estimate of drug-likeness (QED) is 0.834. The molecular weight excluding hydrogens is 304 g/mol. The Bertz CT molecular complexity index is 539. The second-order valence-electron chi connectivity index (χ2n) is 6.38. The predicted octanol–water partition coefficient (Wildman–Crippen LogP) is 2.58. The molecule has 0 aliphatic carbocycles. The third kappa shape index (κ3) is 4.57. The fourth-order valence-electron chi connectivity index (χ4n) is 3.58. The first-order valence-corrected chi connectivity index (χ1v) is 8.86.